The summed E-state index contributed by atoms with van der Waals surface area (Å²) in [6.45, 7) is 1.83. The van der Waals surface area contributed by atoms with Crippen LogP contribution in [-0.4, -0.2) is 31.7 Å². The number of nitrogens with one attached hydrogen (secondary N) is 1. The van der Waals surface area contributed by atoms with Crippen LogP contribution in [0, 0.1) is 5.92 Å². The molecule has 6 nitrogen and oxygen atoms in total. The number of dihydropyridines is 1. The monoisotopic (exact) mass is 384 g/mol. The summed E-state index contributed by atoms with van der Waals surface area (Å²) in [7, 11) is 3.13. The van der Waals surface area contributed by atoms with Gasteiger partial charge in [0.25, 0.3) is 5.91 Å². The number of benzene rings is 1. The van der Waals surface area contributed by atoms with E-state index in [2.05, 4.69) is 10.3 Å². The van der Waals surface area contributed by atoms with E-state index in [1.54, 1.807) is 38.5 Å². The molecule has 0 bridgehead atoms. The fourth-order valence-electron chi connectivity index (χ4n) is 2.81. The molecule has 1 aliphatic rings. The lowest BCUT2D eigenvalue weighted by atomic mass is 10.0. The molecule has 0 saturated heterocycles. The summed E-state index contributed by atoms with van der Waals surface area (Å²) in [6.07, 6.45) is 3.31. The van der Waals surface area contributed by atoms with Gasteiger partial charge in [-0.3, -0.25) is 9.59 Å². The molecule has 140 valence electrons. The first-order valence-electron chi connectivity index (χ1n) is 8.40. The van der Waals surface area contributed by atoms with Crippen LogP contribution in [0.15, 0.2) is 52.9 Å². The molecular formula is C20H20N2O4S. The summed E-state index contributed by atoms with van der Waals surface area (Å²) < 4.78 is 10.6. The first-order chi connectivity index (χ1) is 13.0. The molecule has 0 saturated carbocycles. The third-order valence-corrected chi connectivity index (χ3v) is 5.16. The molecule has 0 fully saturated rings. The topological polar surface area (TPSA) is 77.0 Å². The molecule has 1 aliphatic heterocycles. The van der Waals surface area contributed by atoms with Crippen molar-refractivity contribution in [3.8, 4) is 11.5 Å². The zero-order chi connectivity index (χ0) is 19.4. The van der Waals surface area contributed by atoms with Gasteiger partial charge in [-0.25, -0.2) is 4.99 Å². The van der Waals surface area contributed by atoms with E-state index in [1.165, 1.54) is 11.3 Å². The quantitative estimate of drug-likeness (QED) is 0.776. The van der Waals surface area contributed by atoms with Crippen LogP contribution in [0.25, 0.3) is 0 Å². The van der Waals surface area contributed by atoms with Crippen LogP contribution in [0.2, 0.25) is 0 Å². The van der Waals surface area contributed by atoms with Gasteiger partial charge >= 0.3 is 0 Å². The molecule has 1 aromatic heterocycles. The van der Waals surface area contributed by atoms with Gasteiger partial charge in [0.1, 0.15) is 17.4 Å². The number of nitrogens with zero attached hydrogens (tertiary/aromatic N) is 1. The van der Waals surface area contributed by atoms with Gasteiger partial charge < -0.3 is 14.8 Å². The van der Waals surface area contributed by atoms with Gasteiger partial charge in [0.05, 0.1) is 30.9 Å². The van der Waals surface area contributed by atoms with Gasteiger partial charge in [0.2, 0.25) is 5.91 Å². The highest BCUT2D eigenvalue weighted by atomic mass is 32.1. The molecule has 2 heterocycles. The van der Waals surface area contributed by atoms with Crippen molar-refractivity contribution in [2.45, 2.75) is 13.0 Å². The van der Waals surface area contributed by atoms with E-state index in [0.29, 0.717) is 17.2 Å². The summed E-state index contributed by atoms with van der Waals surface area (Å²) in [5, 5.41) is 4.78. The lowest BCUT2D eigenvalue weighted by Gasteiger charge is -2.20. The van der Waals surface area contributed by atoms with Gasteiger partial charge in [0, 0.05) is 11.6 Å². The molecule has 0 spiro atoms. The van der Waals surface area contributed by atoms with Crippen LogP contribution in [-0.2, 0) is 9.59 Å². The van der Waals surface area contributed by atoms with Crippen LogP contribution in [0.5, 0.6) is 11.5 Å². The minimum Gasteiger partial charge on any atom is -0.497 e. The maximum atomic E-state index is 12.6. The van der Waals surface area contributed by atoms with E-state index in [4.69, 9.17) is 9.47 Å². The smallest absolute Gasteiger partial charge is 0.262 e. The number of carbonyl (C=O) groups excluding carboxylic acids is 2. The number of hydrogen-bond acceptors (Lipinski definition) is 5. The summed E-state index contributed by atoms with van der Waals surface area (Å²) in [6, 6.07) is 8.81. The van der Waals surface area contributed by atoms with E-state index in [9.17, 15) is 9.59 Å². The Hall–Kier alpha value is -2.93. The Morgan fingerprint density at radius 2 is 2.07 bits per heavy atom. The molecule has 2 atom stereocenters. The van der Waals surface area contributed by atoms with Crippen molar-refractivity contribution in [3.05, 3.63) is 58.3 Å². The SMILES string of the molecule is COc1ccc(C(C)NC(=O)C2C=CC(c3cccs3)=NC2=O)c(OC)c1. The number of allylic oxidation sites excluding steroid dienone is 1. The van der Waals surface area contributed by atoms with Gasteiger partial charge in [-0.05, 0) is 36.6 Å². The summed E-state index contributed by atoms with van der Waals surface area (Å²) in [5.74, 6) is -0.524. The number of rotatable bonds is 6. The van der Waals surface area contributed by atoms with E-state index in [0.717, 1.165) is 10.4 Å². The number of methoxy groups -OCH3 is 2. The second-order valence-electron chi connectivity index (χ2n) is 5.99. The van der Waals surface area contributed by atoms with E-state index in [1.807, 2.05) is 30.5 Å². The largest absolute Gasteiger partial charge is 0.497 e. The Morgan fingerprint density at radius 1 is 1.26 bits per heavy atom. The highest BCUT2D eigenvalue weighted by Gasteiger charge is 2.28. The fraction of sp³-hybridized carbons (Fsp3) is 0.250. The lowest BCUT2D eigenvalue weighted by molar-refractivity contribution is -0.131. The Labute approximate surface area is 161 Å². The van der Waals surface area contributed by atoms with Gasteiger partial charge in [-0.2, -0.15) is 0 Å². The maximum absolute atomic E-state index is 12.6. The molecule has 1 N–H and O–H groups in total. The first kappa shape index (κ1) is 18.8. The van der Waals surface area contributed by atoms with Crippen molar-refractivity contribution in [1.82, 2.24) is 5.32 Å². The highest BCUT2D eigenvalue weighted by Crippen LogP contribution is 2.29. The molecule has 1 aromatic carbocycles. The predicted octanol–water partition coefficient (Wildman–Crippen LogP) is 3.14. The van der Waals surface area contributed by atoms with Gasteiger partial charge in [-0.15, -0.1) is 11.3 Å². The Bertz CT molecular complexity index is 903. The number of amides is 2. The number of ether oxygens (including phenoxy) is 2. The average molecular weight is 384 g/mol. The molecular weight excluding hydrogens is 364 g/mol. The Balaban J connectivity index is 1.71. The third kappa shape index (κ3) is 4.09. The zero-order valence-electron chi connectivity index (χ0n) is 15.3. The third-order valence-electron chi connectivity index (χ3n) is 4.27. The first-order valence-corrected chi connectivity index (χ1v) is 9.28. The normalized spacial score (nSPS) is 17.2. The fourth-order valence-corrected chi connectivity index (χ4v) is 3.51. The zero-order valence-corrected chi connectivity index (χ0v) is 16.1. The molecule has 0 radical (unpaired) electrons. The van der Waals surface area contributed by atoms with Crippen LogP contribution < -0.4 is 14.8 Å². The average Bonchev–Trinajstić information content (AvgIpc) is 3.21. The predicted molar refractivity (Wildman–Crippen MR) is 105 cm³/mol. The summed E-state index contributed by atoms with van der Waals surface area (Å²) in [5.41, 5.74) is 1.38. The minimum absolute atomic E-state index is 0.345. The van der Waals surface area contributed by atoms with Crippen LogP contribution >= 0.6 is 11.3 Å². The van der Waals surface area contributed by atoms with Crippen molar-refractivity contribution in [1.29, 1.82) is 0 Å². The van der Waals surface area contributed by atoms with Crippen molar-refractivity contribution in [2.75, 3.05) is 14.2 Å². The van der Waals surface area contributed by atoms with Crippen molar-refractivity contribution in [2.24, 2.45) is 10.9 Å². The van der Waals surface area contributed by atoms with Gasteiger partial charge in [0.15, 0.2) is 0 Å². The van der Waals surface area contributed by atoms with Crippen LogP contribution in [0.1, 0.15) is 23.4 Å². The second kappa shape index (κ2) is 8.18. The molecule has 2 aromatic rings. The van der Waals surface area contributed by atoms with Gasteiger partial charge in [-0.1, -0.05) is 12.1 Å². The van der Waals surface area contributed by atoms with Crippen LogP contribution in [0.3, 0.4) is 0 Å². The molecule has 7 heteroatoms. The summed E-state index contributed by atoms with van der Waals surface area (Å²) >= 11 is 1.50. The minimum atomic E-state index is -0.930. The molecule has 0 aliphatic carbocycles. The molecule has 2 unspecified atom stereocenters. The number of carbonyl (C=O) groups is 2. The molecule has 27 heavy (non-hydrogen) atoms. The number of thiophene rings is 1. The van der Waals surface area contributed by atoms with Crippen molar-refractivity contribution < 1.29 is 19.1 Å². The Kier molecular flexibility index (Phi) is 5.71. The summed E-state index contributed by atoms with van der Waals surface area (Å²) in [4.78, 5) is 29.9. The number of aliphatic imine (C=N–C) groups is 1. The molecule has 3 rings (SSSR count). The lowest BCUT2D eigenvalue weighted by Crippen LogP contribution is -2.36. The van der Waals surface area contributed by atoms with E-state index in [-0.39, 0.29) is 6.04 Å². The van der Waals surface area contributed by atoms with E-state index >= 15 is 0 Å². The van der Waals surface area contributed by atoms with Crippen LogP contribution in [0.4, 0.5) is 0 Å². The molecule has 2 amide bonds. The van der Waals surface area contributed by atoms with Crippen molar-refractivity contribution in [3.63, 3.8) is 0 Å². The maximum Gasteiger partial charge on any atom is 0.262 e. The standard InChI is InChI=1S/C20H20N2O4S/c1-12(14-7-6-13(25-2)11-17(14)26-3)21-19(23)15-8-9-16(22-20(15)24)18-5-4-10-27-18/h4-12,15H,1-3H3,(H,21,23). The number of hydrogen-bond donors (Lipinski definition) is 1. The van der Waals surface area contributed by atoms with Crippen molar-refractivity contribution >= 4 is 28.9 Å². The Morgan fingerprint density at radius 3 is 2.70 bits per heavy atom. The highest BCUT2D eigenvalue weighted by molar-refractivity contribution is 7.12. The second-order valence-corrected chi connectivity index (χ2v) is 6.94. The van der Waals surface area contributed by atoms with E-state index < -0.39 is 17.7 Å².